The molecular weight excluding hydrogens is 242 g/mol. The van der Waals surface area contributed by atoms with Gasteiger partial charge in [-0.05, 0) is 24.8 Å². The second kappa shape index (κ2) is 6.14. The summed E-state index contributed by atoms with van der Waals surface area (Å²) in [6.45, 7) is 6.93. The number of hydrogen-bond acceptors (Lipinski definition) is 4. The van der Waals surface area contributed by atoms with Crippen LogP contribution in [0.2, 0.25) is 0 Å². The number of likely N-dealkylation sites (tertiary alicyclic amines) is 1. The van der Waals surface area contributed by atoms with Crippen LogP contribution in [-0.4, -0.2) is 45.4 Å². The third kappa shape index (κ3) is 3.76. The number of nitrogens with zero attached hydrogens (tertiary/aromatic N) is 4. The Morgan fingerprint density at radius 3 is 2.74 bits per heavy atom. The summed E-state index contributed by atoms with van der Waals surface area (Å²) in [5.41, 5.74) is 6.31. The van der Waals surface area contributed by atoms with Crippen LogP contribution in [0.4, 0.5) is 0 Å². The van der Waals surface area contributed by atoms with Gasteiger partial charge in [0.2, 0.25) is 5.91 Å². The van der Waals surface area contributed by atoms with Crippen molar-refractivity contribution < 1.29 is 4.79 Å². The van der Waals surface area contributed by atoms with Gasteiger partial charge in [-0.25, -0.2) is 4.68 Å². The van der Waals surface area contributed by atoms with Crippen LogP contribution in [-0.2, 0) is 17.8 Å². The van der Waals surface area contributed by atoms with E-state index >= 15 is 0 Å². The van der Waals surface area contributed by atoms with Crippen molar-refractivity contribution in [2.75, 3.05) is 19.6 Å². The van der Waals surface area contributed by atoms with E-state index in [-0.39, 0.29) is 12.5 Å². The van der Waals surface area contributed by atoms with E-state index in [1.807, 2.05) is 11.1 Å². The SMILES string of the molecule is CC1CC(C)CN(C(=O)Cn2cc(CCN)nn2)C1. The molecule has 1 aliphatic heterocycles. The van der Waals surface area contributed by atoms with Crippen molar-refractivity contribution >= 4 is 5.91 Å². The molecule has 0 saturated carbocycles. The van der Waals surface area contributed by atoms with Gasteiger partial charge in [0.25, 0.3) is 0 Å². The van der Waals surface area contributed by atoms with Gasteiger partial charge in [-0.1, -0.05) is 19.1 Å². The van der Waals surface area contributed by atoms with Crippen molar-refractivity contribution in [3.05, 3.63) is 11.9 Å². The first-order chi connectivity index (χ1) is 9.08. The van der Waals surface area contributed by atoms with Crippen molar-refractivity contribution in [2.45, 2.75) is 33.2 Å². The molecule has 2 atom stereocenters. The average Bonchev–Trinajstić information content (AvgIpc) is 2.76. The summed E-state index contributed by atoms with van der Waals surface area (Å²) in [5.74, 6) is 1.29. The molecule has 2 unspecified atom stereocenters. The fourth-order valence-corrected chi connectivity index (χ4v) is 2.78. The van der Waals surface area contributed by atoms with Crippen LogP contribution in [0.25, 0.3) is 0 Å². The van der Waals surface area contributed by atoms with Gasteiger partial charge in [-0.15, -0.1) is 5.10 Å². The lowest BCUT2D eigenvalue weighted by Crippen LogP contribution is -2.44. The number of nitrogens with two attached hydrogens (primary N) is 1. The van der Waals surface area contributed by atoms with Gasteiger partial charge < -0.3 is 10.6 Å². The molecule has 1 saturated heterocycles. The van der Waals surface area contributed by atoms with Gasteiger partial charge in [0.05, 0.1) is 5.69 Å². The maximum atomic E-state index is 12.2. The number of aromatic nitrogens is 3. The summed E-state index contributed by atoms with van der Waals surface area (Å²) in [5, 5.41) is 7.97. The Bertz CT molecular complexity index is 420. The molecular formula is C13H23N5O. The predicted octanol–water partition coefficient (Wildman–Crippen LogP) is 0.284. The Morgan fingerprint density at radius 1 is 1.42 bits per heavy atom. The Balaban J connectivity index is 1.92. The van der Waals surface area contributed by atoms with Gasteiger partial charge in [-0.3, -0.25) is 4.79 Å². The highest BCUT2D eigenvalue weighted by Crippen LogP contribution is 2.21. The van der Waals surface area contributed by atoms with E-state index in [0.717, 1.165) is 18.8 Å². The number of piperidine rings is 1. The fraction of sp³-hybridized carbons (Fsp3) is 0.769. The zero-order valence-electron chi connectivity index (χ0n) is 11.7. The summed E-state index contributed by atoms with van der Waals surface area (Å²) in [4.78, 5) is 14.2. The third-order valence-electron chi connectivity index (χ3n) is 3.51. The Hall–Kier alpha value is -1.43. The normalized spacial score (nSPS) is 23.6. The summed E-state index contributed by atoms with van der Waals surface area (Å²) >= 11 is 0. The monoisotopic (exact) mass is 265 g/mol. The van der Waals surface area contributed by atoms with E-state index in [1.54, 1.807) is 4.68 Å². The molecule has 0 radical (unpaired) electrons. The van der Waals surface area contributed by atoms with E-state index in [0.29, 0.717) is 24.8 Å². The van der Waals surface area contributed by atoms with Crippen molar-refractivity contribution in [3.8, 4) is 0 Å². The number of carbonyl (C=O) groups is 1. The maximum Gasteiger partial charge on any atom is 0.244 e. The van der Waals surface area contributed by atoms with E-state index in [4.69, 9.17) is 5.73 Å². The molecule has 2 heterocycles. The summed E-state index contributed by atoms with van der Waals surface area (Å²) in [6.07, 6.45) is 3.71. The van der Waals surface area contributed by atoms with E-state index in [1.165, 1.54) is 6.42 Å². The first-order valence-corrected chi connectivity index (χ1v) is 6.95. The fourth-order valence-electron chi connectivity index (χ4n) is 2.78. The molecule has 1 aromatic rings. The zero-order chi connectivity index (χ0) is 13.8. The van der Waals surface area contributed by atoms with Crippen LogP contribution in [0, 0.1) is 11.8 Å². The summed E-state index contributed by atoms with van der Waals surface area (Å²) < 4.78 is 1.61. The zero-order valence-corrected chi connectivity index (χ0v) is 11.7. The molecule has 6 nitrogen and oxygen atoms in total. The molecule has 6 heteroatoms. The lowest BCUT2D eigenvalue weighted by atomic mass is 9.92. The van der Waals surface area contributed by atoms with Crippen LogP contribution in [0.3, 0.4) is 0 Å². The van der Waals surface area contributed by atoms with E-state index in [9.17, 15) is 4.79 Å². The number of amides is 1. The second-order valence-electron chi connectivity index (χ2n) is 5.69. The largest absolute Gasteiger partial charge is 0.341 e. The van der Waals surface area contributed by atoms with Crippen LogP contribution in [0.15, 0.2) is 6.20 Å². The minimum atomic E-state index is 0.127. The molecule has 0 aliphatic carbocycles. The number of rotatable bonds is 4. The Kier molecular flexibility index (Phi) is 4.52. The predicted molar refractivity (Wildman–Crippen MR) is 72.3 cm³/mol. The Labute approximate surface area is 113 Å². The second-order valence-corrected chi connectivity index (χ2v) is 5.69. The van der Waals surface area contributed by atoms with Crippen molar-refractivity contribution in [1.29, 1.82) is 0 Å². The topological polar surface area (TPSA) is 77.0 Å². The summed E-state index contributed by atoms with van der Waals surface area (Å²) in [6, 6.07) is 0. The van der Waals surface area contributed by atoms with Crippen molar-refractivity contribution in [3.63, 3.8) is 0 Å². The van der Waals surface area contributed by atoms with Gasteiger partial charge in [0, 0.05) is 25.7 Å². The van der Waals surface area contributed by atoms with E-state index < -0.39 is 0 Å². The van der Waals surface area contributed by atoms with Crippen LogP contribution in [0.1, 0.15) is 26.0 Å². The van der Waals surface area contributed by atoms with Gasteiger partial charge >= 0.3 is 0 Å². The first-order valence-electron chi connectivity index (χ1n) is 6.95. The van der Waals surface area contributed by atoms with Crippen LogP contribution in [0.5, 0.6) is 0 Å². The molecule has 1 fully saturated rings. The average molecular weight is 265 g/mol. The highest BCUT2D eigenvalue weighted by molar-refractivity contribution is 5.76. The van der Waals surface area contributed by atoms with Crippen LogP contribution < -0.4 is 5.73 Å². The third-order valence-corrected chi connectivity index (χ3v) is 3.51. The van der Waals surface area contributed by atoms with Crippen molar-refractivity contribution in [2.24, 2.45) is 17.6 Å². The molecule has 0 spiro atoms. The maximum absolute atomic E-state index is 12.2. The smallest absolute Gasteiger partial charge is 0.244 e. The molecule has 1 aromatic heterocycles. The molecule has 19 heavy (non-hydrogen) atoms. The molecule has 0 aromatic carbocycles. The minimum Gasteiger partial charge on any atom is -0.341 e. The van der Waals surface area contributed by atoms with Crippen LogP contribution >= 0.6 is 0 Å². The van der Waals surface area contributed by atoms with E-state index in [2.05, 4.69) is 24.2 Å². The quantitative estimate of drug-likeness (QED) is 0.848. The molecule has 0 bridgehead atoms. The number of hydrogen-bond donors (Lipinski definition) is 1. The molecule has 1 aliphatic rings. The number of carbonyl (C=O) groups excluding carboxylic acids is 1. The Morgan fingerprint density at radius 2 is 2.11 bits per heavy atom. The summed E-state index contributed by atoms with van der Waals surface area (Å²) in [7, 11) is 0. The first kappa shape index (κ1) is 14.0. The molecule has 1 amide bonds. The molecule has 2 N–H and O–H groups in total. The lowest BCUT2D eigenvalue weighted by Gasteiger charge is -2.34. The standard InChI is InChI=1S/C13H23N5O/c1-10-5-11(2)7-17(6-10)13(19)9-18-8-12(3-4-14)15-16-18/h8,10-11H,3-7,9,14H2,1-2H3. The highest BCUT2D eigenvalue weighted by Gasteiger charge is 2.25. The molecule has 2 rings (SSSR count). The lowest BCUT2D eigenvalue weighted by molar-refractivity contribution is -0.134. The van der Waals surface area contributed by atoms with Gasteiger partial charge in [0.15, 0.2) is 0 Å². The van der Waals surface area contributed by atoms with Gasteiger partial charge in [0.1, 0.15) is 6.54 Å². The van der Waals surface area contributed by atoms with Crippen molar-refractivity contribution in [1.82, 2.24) is 19.9 Å². The van der Waals surface area contributed by atoms with Gasteiger partial charge in [-0.2, -0.15) is 0 Å². The highest BCUT2D eigenvalue weighted by atomic mass is 16.2. The molecule has 106 valence electrons. The minimum absolute atomic E-state index is 0.127.